The summed E-state index contributed by atoms with van der Waals surface area (Å²) in [6, 6.07) is 7.03. The number of benzene rings is 1. The lowest BCUT2D eigenvalue weighted by Gasteiger charge is -2.37. The zero-order chi connectivity index (χ0) is 22.4. The second-order valence-corrected chi connectivity index (χ2v) is 17.2. The molecule has 30 heavy (non-hydrogen) atoms. The van der Waals surface area contributed by atoms with Crippen LogP contribution in [0.5, 0.6) is 0 Å². The van der Waals surface area contributed by atoms with Gasteiger partial charge in [0.1, 0.15) is 18.3 Å². The summed E-state index contributed by atoms with van der Waals surface area (Å²) in [5.41, 5.74) is 1.03. The summed E-state index contributed by atoms with van der Waals surface area (Å²) in [6.07, 6.45) is 2.49. The van der Waals surface area contributed by atoms with Crippen LogP contribution >= 0.6 is 0 Å². The summed E-state index contributed by atoms with van der Waals surface area (Å²) in [5, 5.41) is 0.0849. The quantitative estimate of drug-likeness (QED) is 0.290. The standard InChI is InChI=1S/C23H38O5SSi/c1-8-9-10-11-20-23(29(24,25)18-14-12-17(2)13-15-18)21(28-23)19(27-20)16-26-30(6,7)22(3,4)5/h12-15,19-21H,8-11,16H2,1-7H3/t19-,20+,21-,23-/m1/s1. The van der Waals surface area contributed by atoms with E-state index >= 15 is 0 Å². The average Bonchev–Trinajstić information content (AvgIpc) is 3.34. The number of aryl methyl sites for hydroxylation is 1. The second kappa shape index (κ2) is 8.32. The molecule has 7 heteroatoms. The molecular formula is C23H38O5SSi. The van der Waals surface area contributed by atoms with Crippen LogP contribution in [-0.2, 0) is 23.7 Å². The zero-order valence-electron chi connectivity index (χ0n) is 19.5. The Morgan fingerprint density at radius 1 is 1.13 bits per heavy atom. The number of sulfone groups is 1. The van der Waals surface area contributed by atoms with Crippen LogP contribution in [0.25, 0.3) is 0 Å². The topological polar surface area (TPSA) is 65.1 Å². The summed E-state index contributed by atoms with van der Waals surface area (Å²) < 4.78 is 45.9. The number of hydrogen-bond donors (Lipinski definition) is 0. The summed E-state index contributed by atoms with van der Waals surface area (Å²) in [4.78, 5) is -0.956. The lowest BCUT2D eigenvalue weighted by atomic mass is 10.1. The average molecular weight is 455 g/mol. The maximum absolute atomic E-state index is 13.6. The lowest BCUT2D eigenvalue weighted by Crippen LogP contribution is -2.43. The molecule has 0 amide bonds. The molecule has 0 spiro atoms. The smallest absolute Gasteiger partial charge is 0.228 e. The van der Waals surface area contributed by atoms with Crippen LogP contribution in [0, 0.1) is 6.92 Å². The van der Waals surface area contributed by atoms with Crippen molar-refractivity contribution in [1.29, 1.82) is 0 Å². The van der Waals surface area contributed by atoms with Gasteiger partial charge in [-0.05, 0) is 43.6 Å². The molecule has 0 bridgehead atoms. The van der Waals surface area contributed by atoms with E-state index in [0.29, 0.717) is 17.9 Å². The fraction of sp³-hybridized carbons (Fsp3) is 0.739. The molecule has 1 aromatic carbocycles. The molecular weight excluding hydrogens is 416 g/mol. The molecule has 0 aliphatic carbocycles. The first kappa shape index (κ1) is 23.9. The SMILES string of the molecule is CCCCC[C@@H]1O[C@H](CO[Si](C)(C)C(C)(C)C)[C@H]2O[C@@]12S(=O)(=O)c1ccc(C)cc1. The highest BCUT2D eigenvalue weighted by Gasteiger charge is 2.78. The monoisotopic (exact) mass is 454 g/mol. The molecule has 0 N–H and O–H groups in total. The first-order valence-corrected chi connectivity index (χ1v) is 15.5. The van der Waals surface area contributed by atoms with Crippen molar-refractivity contribution in [2.45, 2.75) is 107 Å². The van der Waals surface area contributed by atoms with Crippen LogP contribution < -0.4 is 0 Å². The zero-order valence-corrected chi connectivity index (χ0v) is 21.3. The normalized spacial score (nSPS) is 29.1. The van der Waals surface area contributed by atoms with Gasteiger partial charge in [-0.15, -0.1) is 0 Å². The van der Waals surface area contributed by atoms with Gasteiger partial charge in [0.25, 0.3) is 0 Å². The highest BCUT2D eigenvalue weighted by atomic mass is 32.2. The van der Waals surface area contributed by atoms with E-state index in [2.05, 4.69) is 40.8 Å². The maximum atomic E-state index is 13.6. The van der Waals surface area contributed by atoms with Crippen LogP contribution in [0.1, 0.15) is 58.9 Å². The minimum atomic E-state index is -3.67. The van der Waals surface area contributed by atoms with Crippen LogP contribution in [0.2, 0.25) is 18.1 Å². The first-order chi connectivity index (χ1) is 13.9. The fourth-order valence-electron chi connectivity index (χ4n) is 3.91. The summed E-state index contributed by atoms with van der Waals surface area (Å²) in [5.74, 6) is 0. The minimum Gasteiger partial charge on any atom is -0.414 e. The predicted molar refractivity (Wildman–Crippen MR) is 122 cm³/mol. The number of epoxide rings is 1. The van der Waals surface area contributed by atoms with Crippen molar-refractivity contribution in [3.8, 4) is 0 Å². The van der Waals surface area contributed by atoms with Crippen molar-refractivity contribution in [2.75, 3.05) is 6.61 Å². The Hall–Kier alpha value is -0.733. The van der Waals surface area contributed by atoms with E-state index in [9.17, 15) is 8.42 Å². The van der Waals surface area contributed by atoms with Crippen molar-refractivity contribution in [3.63, 3.8) is 0 Å². The minimum absolute atomic E-state index is 0.0849. The Kier molecular flexibility index (Phi) is 6.63. The van der Waals surface area contributed by atoms with Gasteiger partial charge < -0.3 is 13.9 Å². The van der Waals surface area contributed by atoms with Gasteiger partial charge in [-0.25, -0.2) is 8.42 Å². The molecule has 2 saturated heterocycles. The van der Waals surface area contributed by atoms with E-state index in [1.807, 2.05) is 19.1 Å². The van der Waals surface area contributed by atoms with Crippen molar-refractivity contribution >= 4 is 18.2 Å². The molecule has 1 aromatic rings. The fourth-order valence-corrected chi connectivity index (χ4v) is 6.99. The third kappa shape index (κ3) is 4.16. The Morgan fingerprint density at radius 3 is 2.33 bits per heavy atom. The van der Waals surface area contributed by atoms with Gasteiger partial charge in [0.2, 0.25) is 14.8 Å². The van der Waals surface area contributed by atoms with E-state index in [1.165, 1.54) is 0 Å². The molecule has 0 aromatic heterocycles. The number of unbranched alkanes of at least 4 members (excludes halogenated alkanes) is 2. The molecule has 170 valence electrons. The highest BCUT2D eigenvalue weighted by molar-refractivity contribution is 7.93. The van der Waals surface area contributed by atoms with Gasteiger partial charge in [-0.2, -0.15) is 0 Å². The largest absolute Gasteiger partial charge is 0.414 e. The summed E-state index contributed by atoms with van der Waals surface area (Å²) in [6.45, 7) is 15.5. The Morgan fingerprint density at radius 2 is 1.77 bits per heavy atom. The third-order valence-corrected chi connectivity index (χ3v) is 13.8. The van der Waals surface area contributed by atoms with Gasteiger partial charge in [0.05, 0.1) is 11.5 Å². The molecule has 2 aliphatic heterocycles. The van der Waals surface area contributed by atoms with Crippen molar-refractivity contribution in [3.05, 3.63) is 29.8 Å². The molecule has 5 nitrogen and oxygen atoms in total. The Labute approximate surface area is 183 Å². The number of fused-ring (bicyclic) bond motifs is 1. The van der Waals surface area contributed by atoms with E-state index in [1.54, 1.807) is 12.1 Å². The van der Waals surface area contributed by atoms with Crippen LogP contribution in [-0.4, -0.2) is 46.6 Å². The third-order valence-electron chi connectivity index (χ3n) is 7.01. The molecule has 0 unspecified atom stereocenters. The van der Waals surface area contributed by atoms with Gasteiger partial charge in [0, 0.05) is 0 Å². The van der Waals surface area contributed by atoms with Crippen LogP contribution in [0.15, 0.2) is 29.2 Å². The number of ether oxygens (including phenoxy) is 2. The van der Waals surface area contributed by atoms with Crippen molar-refractivity contribution in [2.24, 2.45) is 0 Å². The molecule has 2 heterocycles. The number of rotatable bonds is 9. The second-order valence-electron chi connectivity index (χ2n) is 10.3. The number of hydrogen-bond acceptors (Lipinski definition) is 5. The van der Waals surface area contributed by atoms with Crippen LogP contribution in [0.4, 0.5) is 0 Å². The van der Waals surface area contributed by atoms with Crippen LogP contribution in [0.3, 0.4) is 0 Å². The van der Waals surface area contributed by atoms with Gasteiger partial charge in [-0.1, -0.05) is 64.7 Å². The summed E-state index contributed by atoms with van der Waals surface area (Å²) in [7, 11) is -5.64. The molecule has 3 rings (SSSR count). The molecule has 4 atom stereocenters. The van der Waals surface area contributed by atoms with E-state index in [4.69, 9.17) is 13.9 Å². The predicted octanol–water partition coefficient (Wildman–Crippen LogP) is 5.23. The van der Waals surface area contributed by atoms with Gasteiger partial charge >= 0.3 is 0 Å². The van der Waals surface area contributed by atoms with E-state index in [0.717, 1.165) is 24.8 Å². The Bertz CT molecular complexity index is 843. The molecule has 2 aliphatic rings. The lowest BCUT2D eigenvalue weighted by molar-refractivity contribution is -0.0584. The van der Waals surface area contributed by atoms with Crippen molar-refractivity contribution < 1.29 is 22.3 Å². The van der Waals surface area contributed by atoms with E-state index in [-0.39, 0.29) is 11.1 Å². The molecule has 0 saturated carbocycles. The summed E-state index contributed by atoms with van der Waals surface area (Å²) >= 11 is 0. The van der Waals surface area contributed by atoms with Gasteiger partial charge in [0.15, 0.2) is 8.32 Å². The molecule has 0 radical (unpaired) electrons. The first-order valence-electron chi connectivity index (χ1n) is 11.2. The highest BCUT2D eigenvalue weighted by Crippen LogP contribution is 2.57. The molecule has 2 fully saturated rings. The Balaban J connectivity index is 1.83. The maximum Gasteiger partial charge on any atom is 0.228 e. The van der Waals surface area contributed by atoms with Gasteiger partial charge in [-0.3, -0.25) is 0 Å². The van der Waals surface area contributed by atoms with Crippen molar-refractivity contribution in [1.82, 2.24) is 0 Å². The van der Waals surface area contributed by atoms with E-state index < -0.39 is 35.3 Å².